The molecule has 0 aromatic heterocycles. The third-order valence-electron chi connectivity index (χ3n) is 3.70. The van der Waals surface area contributed by atoms with Gasteiger partial charge in [0.15, 0.2) is 0 Å². The summed E-state index contributed by atoms with van der Waals surface area (Å²) < 4.78 is 0. The van der Waals surface area contributed by atoms with Crippen LogP contribution in [-0.2, 0) is 4.79 Å². The zero-order chi connectivity index (χ0) is 12.7. The summed E-state index contributed by atoms with van der Waals surface area (Å²) in [4.78, 5) is 11.9. The molecule has 100 valence electrons. The molecule has 3 nitrogen and oxygen atoms in total. The van der Waals surface area contributed by atoms with Gasteiger partial charge >= 0.3 is 0 Å². The van der Waals surface area contributed by atoms with E-state index in [-0.39, 0.29) is 18.0 Å². The van der Waals surface area contributed by atoms with E-state index < -0.39 is 0 Å². The summed E-state index contributed by atoms with van der Waals surface area (Å²) >= 11 is 1.73. The van der Waals surface area contributed by atoms with Crippen molar-refractivity contribution < 1.29 is 4.79 Å². The molecule has 1 aliphatic rings. The molecule has 1 fully saturated rings. The van der Waals surface area contributed by atoms with Gasteiger partial charge in [-0.25, -0.2) is 0 Å². The quantitative estimate of drug-likeness (QED) is 0.767. The molecule has 4 heteroatoms. The van der Waals surface area contributed by atoms with Gasteiger partial charge in [-0.2, -0.15) is 11.8 Å². The Bertz CT molecular complexity index is 229. The minimum atomic E-state index is -0.339. The molecule has 0 unspecified atom stereocenters. The van der Waals surface area contributed by atoms with Crippen LogP contribution in [0.2, 0.25) is 0 Å². The second-order valence-electron chi connectivity index (χ2n) is 5.08. The summed E-state index contributed by atoms with van der Waals surface area (Å²) in [6, 6.07) is -0.0587. The van der Waals surface area contributed by atoms with Crippen molar-refractivity contribution in [2.75, 3.05) is 12.0 Å². The molecular formula is C13H26N2OS. The summed E-state index contributed by atoms with van der Waals surface area (Å²) in [7, 11) is 0. The molecule has 17 heavy (non-hydrogen) atoms. The van der Waals surface area contributed by atoms with Crippen LogP contribution < -0.4 is 11.1 Å². The predicted octanol–water partition coefficient (Wildman–Crippen LogP) is 2.15. The van der Waals surface area contributed by atoms with Crippen LogP contribution in [0.3, 0.4) is 0 Å². The Hall–Kier alpha value is -0.220. The van der Waals surface area contributed by atoms with Gasteiger partial charge in [0.2, 0.25) is 5.91 Å². The van der Waals surface area contributed by atoms with Gasteiger partial charge in [0, 0.05) is 6.04 Å². The van der Waals surface area contributed by atoms with E-state index in [9.17, 15) is 4.79 Å². The fourth-order valence-electron chi connectivity index (χ4n) is 2.46. The third-order valence-corrected chi connectivity index (χ3v) is 4.34. The molecule has 3 N–H and O–H groups in total. The van der Waals surface area contributed by atoms with E-state index in [4.69, 9.17) is 5.73 Å². The van der Waals surface area contributed by atoms with Crippen molar-refractivity contribution in [2.24, 2.45) is 11.7 Å². The predicted molar refractivity (Wildman–Crippen MR) is 75.2 cm³/mol. The molecule has 1 saturated carbocycles. The highest BCUT2D eigenvalue weighted by atomic mass is 32.2. The van der Waals surface area contributed by atoms with E-state index in [1.54, 1.807) is 11.8 Å². The molecule has 1 amide bonds. The fourth-order valence-corrected chi connectivity index (χ4v) is 2.95. The number of nitrogens with two attached hydrogens (primary N) is 1. The van der Waals surface area contributed by atoms with Crippen LogP contribution >= 0.6 is 11.8 Å². The van der Waals surface area contributed by atoms with Gasteiger partial charge in [-0.3, -0.25) is 4.79 Å². The first-order valence-corrected chi connectivity index (χ1v) is 8.09. The first-order chi connectivity index (χ1) is 8.15. The first kappa shape index (κ1) is 14.8. The lowest BCUT2D eigenvalue weighted by molar-refractivity contribution is -0.123. The second-order valence-corrected chi connectivity index (χ2v) is 6.07. The van der Waals surface area contributed by atoms with Crippen LogP contribution in [0, 0.1) is 5.92 Å². The maximum absolute atomic E-state index is 11.9. The molecule has 0 radical (unpaired) electrons. The SMILES string of the molecule is CSCC[C@@H](N)C(=O)N[C@@H](C)C1CCCCC1. The Morgan fingerprint density at radius 2 is 2.06 bits per heavy atom. The van der Waals surface area contributed by atoms with Crippen LogP contribution in [-0.4, -0.2) is 30.0 Å². The van der Waals surface area contributed by atoms with Crippen molar-refractivity contribution in [2.45, 2.75) is 57.5 Å². The van der Waals surface area contributed by atoms with Gasteiger partial charge in [-0.15, -0.1) is 0 Å². The van der Waals surface area contributed by atoms with Crippen LogP contribution in [0.4, 0.5) is 0 Å². The topological polar surface area (TPSA) is 55.1 Å². The minimum Gasteiger partial charge on any atom is -0.352 e. The van der Waals surface area contributed by atoms with E-state index >= 15 is 0 Å². The smallest absolute Gasteiger partial charge is 0.237 e. The number of amides is 1. The molecule has 2 atom stereocenters. The Morgan fingerprint density at radius 3 is 2.65 bits per heavy atom. The largest absolute Gasteiger partial charge is 0.352 e. The average Bonchev–Trinajstić information content (AvgIpc) is 2.36. The molecular weight excluding hydrogens is 232 g/mol. The van der Waals surface area contributed by atoms with Gasteiger partial charge in [0.05, 0.1) is 6.04 Å². The van der Waals surface area contributed by atoms with Crippen LogP contribution in [0.25, 0.3) is 0 Å². The standard InChI is InChI=1S/C13H26N2OS/c1-10(11-6-4-3-5-7-11)15-13(16)12(14)8-9-17-2/h10-12H,3-9,14H2,1-2H3,(H,15,16)/t10-,12+/m0/s1. The van der Waals surface area contributed by atoms with Gasteiger partial charge in [0.1, 0.15) is 0 Å². The number of nitrogens with one attached hydrogen (secondary N) is 1. The normalized spacial score (nSPS) is 20.9. The molecule has 1 rings (SSSR count). The van der Waals surface area contributed by atoms with E-state index in [1.807, 2.05) is 6.26 Å². The van der Waals surface area contributed by atoms with Gasteiger partial charge in [-0.1, -0.05) is 19.3 Å². The maximum atomic E-state index is 11.9. The Balaban J connectivity index is 2.28. The highest BCUT2D eigenvalue weighted by Crippen LogP contribution is 2.26. The van der Waals surface area contributed by atoms with Gasteiger partial charge in [0.25, 0.3) is 0 Å². The molecule has 0 bridgehead atoms. The lowest BCUT2D eigenvalue weighted by atomic mass is 9.84. The Morgan fingerprint density at radius 1 is 1.41 bits per heavy atom. The van der Waals surface area contributed by atoms with Crippen molar-refractivity contribution in [3.8, 4) is 0 Å². The first-order valence-electron chi connectivity index (χ1n) is 6.70. The molecule has 0 saturated heterocycles. The van der Waals surface area contributed by atoms with Crippen molar-refractivity contribution in [1.82, 2.24) is 5.32 Å². The van der Waals surface area contributed by atoms with Gasteiger partial charge in [-0.05, 0) is 44.1 Å². The van der Waals surface area contributed by atoms with E-state index in [0.29, 0.717) is 5.92 Å². The van der Waals surface area contributed by atoms with Crippen LogP contribution in [0.15, 0.2) is 0 Å². The second kappa shape index (κ2) is 7.98. The number of carbonyl (C=O) groups is 1. The van der Waals surface area contributed by atoms with Crippen LogP contribution in [0.5, 0.6) is 0 Å². The lowest BCUT2D eigenvalue weighted by Gasteiger charge is -2.29. The highest BCUT2D eigenvalue weighted by molar-refractivity contribution is 7.98. The molecule has 0 aromatic carbocycles. The van der Waals surface area contributed by atoms with Crippen LogP contribution in [0.1, 0.15) is 45.4 Å². The summed E-state index contributed by atoms with van der Waals surface area (Å²) in [5, 5.41) is 3.09. The number of thioether (sulfide) groups is 1. The van der Waals surface area contributed by atoms with Crippen molar-refractivity contribution in [1.29, 1.82) is 0 Å². The minimum absolute atomic E-state index is 0.0251. The number of hydrogen-bond acceptors (Lipinski definition) is 3. The van der Waals surface area contributed by atoms with E-state index in [2.05, 4.69) is 12.2 Å². The van der Waals surface area contributed by atoms with Crippen molar-refractivity contribution in [3.05, 3.63) is 0 Å². The zero-order valence-corrected chi connectivity index (χ0v) is 11.9. The number of hydrogen-bond donors (Lipinski definition) is 2. The Labute approximate surface area is 109 Å². The number of carbonyl (C=O) groups excluding carboxylic acids is 1. The maximum Gasteiger partial charge on any atom is 0.237 e. The lowest BCUT2D eigenvalue weighted by Crippen LogP contribution is -2.47. The monoisotopic (exact) mass is 258 g/mol. The van der Waals surface area contributed by atoms with E-state index in [0.717, 1.165) is 12.2 Å². The molecule has 0 aromatic rings. The van der Waals surface area contributed by atoms with E-state index in [1.165, 1.54) is 32.1 Å². The zero-order valence-electron chi connectivity index (χ0n) is 11.1. The fraction of sp³-hybridized carbons (Fsp3) is 0.923. The van der Waals surface area contributed by atoms with Crippen molar-refractivity contribution >= 4 is 17.7 Å². The molecule has 0 heterocycles. The number of rotatable bonds is 6. The highest BCUT2D eigenvalue weighted by Gasteiger charge is 2.23. The summed E-state index contributed by atoms with van der Waals surface area (Å²) in [6.07, 6.45) is 9.28. The average molecular weight is 258 g/mol. The summed E-state index contributed by atoms with van der Waals surface area (Å²) in [5.74, 6) is 1.63. The molecule has 1 aliphatic carbocycles. The summed E-state index contributed by atoms with van der Waals surface area (Å²) in [6.45, 7) is 2.12. The Kier molecular flexibility index (Phi) is 6.97. The third kappa shape index (κ3) is 5.30. The van der Waals surface area contributed by atoms with Crippen molar-refractivity contribution in [3.63, 3.8) is 0 Å². The molecule has 0 spiro atoms. The van der Waals surface area contributed by atoms with Gasteiger partial charge < -0.3 is 11.1 Å². The molecule has 0 aliphatic heterocycles. The summed E-state index contributed by atoms with van der Waals surface area (Å²) in [5.41, 5.74) is 5.86.